The third-order valence-corrected chi connectivity index (χ3v) is 6.21. The Bertz CT molecular complexity index is 1240. The van der Waals surface area contributed by atoms with Gasteiger partial charge in [0.15, 0.2) is 5.78 Å². The molecule has 0 aliphatic carbocycles. The third kappa shape index (κ3) is 6.87. The van der Waals surface area contributed by atoms with E-state index in [0.29, 0.717) is 5.71 Å². The predicted molar refractivity (Wildman–Crippen MR) is 137 cm³/mol. The number of aromatic nitrogens is 2. The summed E-state index contributed by atoms with van der Waals surface area (Å²) in [6.07, 6.45) is 8.40. The van der Waals surface area contributed by atoms with Crippen LogP contribution in [0.2, 0.25) is 0 Å². The molecule has 0 saturated carbocycles. The van der Waals surface area contributed by atoms with E-state index < -0.39 is 0 Å². The Morgan fingerprint density at radius 1 is 0.943 bits per heavy atom. The maximum absolute atomic E-state index is 11.7. The van der Waals surface area contributed by atoms with Crippen LogP contribution >= 0.6 is 0 Å². The minimum atomic E-state index is 0. The van der Waals surface area contributed by atoms with Gasteiger partial charge in [0, 0.05) is 55.8 Å². The van der Waals surface area contributed by atoms with E-state index in [1.807, 2.05) is 70.2 Å². The number of rotatable bonds is 8. The fourth-order valence-corrected chi connectivity index (χ4v) is 4.06. The number of aliphatic hydroxyl groups excluding tert-OH is 1. The number of benzene rings is 1. The fraction of sp³-hybridized carbons (Fsp3) is 0.345. The van der Waals surface area contributed by atoms with Gasteiger partial charge in [-0.3, -0.25) is 4.79 Å². The number of carbonyl (C=O) groups excluding carboxylic acids is 1. The van der Waals surface area contributed by atoms with Crippen molar-refractivity contribution < 1.29 is 34.4 Å². The molecule has 0 atom stereocenters. The zero-order valence-electron chi connectivity index (χ0n) is 20.7. The summed E-state index contributed by atoms with van der Waals surface area (Å²) in [4.78, 5) is 20.3. The normalized spacial score (nSPS) is 11.4. The molecule has 0 saturated heterocycles. The molecule has 35 heavy (non-hydrogen) atoms. The SMILES string of the molecule is CCC(CC)C(=O)/C=C(\O)C(CC)CC.[Ir].[c-]1ccc2c(oc3ncccc32)c1-c1ccccn1. The first-order valence-electron chi connectivity index (χ1n) is 12.1. The van der Waals surface area contributed by atoms with Crippen LogP contribution in [0, 0.1) is 17.9 Å². The summed E-state index contributed by atoms with van der Waals surface area (Å²) in [5.74, 6) is 0.547. The van der Waals surface area contributed by atoms with Gasteiger partial charge in [-0.1, -0.05) is 50.8 Å². The first kappa shape index (κ1) is 28.4. The van der Waals surface area contributed by atoms with Crippen molar-refractivity contribution in [1.82, 2.24) is 9.97 Å². The van der Waals surface area contributed by atoms with Crippen LogP contribution in [0.25, 0.3) is 33.3 Å². The summed E-state index contributed by atoms with van der Waals surface area (Å²) in [5, 5.41) is 11.8. The van der Waals surface area contributed by atoms with Gasteiger partial charge in [-0.2, -0.15) is 0 Å². The molecule has 0 aliphatic heterocycles. The zero-order valence-corrected chi connectivity index (χ0v) is 23.1. The topological polar surface area (TPSA) is 76.2 Å². The fourth-order valence-electron chi connectivity index (χ4n) is 4.06. The van der Waals surface area contributed by atoms with Crippen LogP contribution in [0.5, 0.6) is 0 Å². The Morgan fingerprint density at radius 2 is 1.63 bits per heavy atom. The molecule has 0 amide bonds. The van der Waals surface area contributed by atoms with E-state index in [2.05, 4.69) is 16.0 Å². The minimum absolute atomic E-state index is 0. The number of fused-ring (bicyclic) bond motifs is 3. The average molecular weight is 650 g/mol. The largest absolute Gasteiger partial charge is 0.512 e. The van der Waals surface area contributed by atoms with E-state index in [4.69, 9.17) is 4.42 Å². The van der Waals surface area contributed by atoms with E-state index in [9.17, 15) is 9.90 Å². The second kappa shape index (κ2) is 13.9. The summed E-state index contributed by atoms with van der Waals surface area (Å²) < 4.78 is 5.86. The molecule has 3 heterocycles. The van der Waals surface area contributed by atoms with Gasteiger partial charge in [-0.25, -0.2) is 4.98 Å². The van der Waals surface area contributed by atoms with Crippen molar-refractivity contribution >= 4 is 27.9 Å². The molecule has 1 N–H and O–H groups in total. The molecule has 0 bridgehead atoms. The van der Waals surface area contributed by atoms with E-state index in [0.717, 1.165) is 53.3 Å². The van der Waals surface area contributed by atoms with Gasteiger partial charge in [-0.05, 0) is 49.6 Å². The second-order valence-electron chi connectivity index (χ2n) is 8.27. The molecular weight excluding hydrogens is 617 g/mol. The standard InChI is InChI=1S/C16H9N2O.C13H24O2.Ir/c1-2-9-17-14(8-1)13-6-3-5-11-12-7-4-10-18-16(12)19-15(11)13;1-5-10(6-2)12(14)9-13(15)11(7-3)8-4;/h1-5,7-10H;9-11,14H,5-8H2,1-4H3;/q-1;;/b;12-9-;. The number of carbonyl (C=O) groups is 1. The quantitative estimate of drug-likeness (QED) is 0.120. The predicted octanol–water partition coefficient (Wildman–Crippen LogP) is 7.71. The Morgan fingerprint density at radius 3 is 2.26 bits per heavy atom. The van der Waals surface area contributed by atoms with Crippen molar-refractivity contribution in [1.29, 1.82) is 0 Å². The maximum atomic E-state index is 11.7. The Labute approximate surface area is 221 Å². The number of aliphatic hydroxyl groups is 1. The van der Waals surface area contributed by atoms with Gasteiger partial charge in [0.25, 0.3) is 0 Å². The number of hydrogen-bond acceptors (Lipinski definition) is 5. The molecule has 0 fully saturated rings. The molecule has 6 heteroatoms. The van der Waals surface area contributed by atoms with Gasteiger partial charge < -0.3 is 14.5 Å². The molecule has 0 spiro atoms. The summed E-state index contributed by atoms with van der Waals surface area (Å²) >= 11 is 0. The molecule has 0 aliphatic rings. The Kier molecular flexibility index (Phi) is 11.3. The van der Waals surface area contributed by atoms with Gasteiger partial charge in [0.05, 0.1) is 11.3 Å². The number of ketones is 1. The smallest absolute Gasteiger partial charge is 0.216 e. The summed E-state index contributed by atoms with van der Waals surface area (Å²) in [6.45, 7) is 8.07. The number of furan rings is 1. The maximum Gasteiger partial charge on any atom is 0.216 e. The number of pyridine rings is 2. The zero-order chi connectivity index (χ0) is 24.5. The van der Waals surface area contributed by atoms with Crippen LogP contribution in [0.4, 0.5) is 0 Å². The van der Waals surface area contributed by atoms with Crippen molar-refractivity contribution in [3.05, 3.63) is 72.8 Å². The van der Waals surface area contributed by atoms with Crippen molar-refractivity contribution in [2.24, 2.45) is 11.8 Å². The van der Waals surface area contributed by atoms with Crippen LogP contribution < -0.4 is 0 Å². The first-order valence-corrected chi connectivity index (χ1v) is 12.1. The van der Waals surface area contributed by atoms with Crippen LogP contribution in [0.1, 0.15) is 53.4 Å². The molecule has 3 aromatic heterocycles. The number of nitrogens with zero attached hydrogens (tertiary/aromatic N) is 2. The average Bonchev–Trinajstić information content (AvgIpc) is 3.25. The molecule has 187 valence electrons. The molecule has 4 aromatic rings. The Hall–Kier alpha value is -2.82. The van der Waals surface area contributed by atoms with Gasteiger partial charge >= 0.3 is 0 Å². The van der Waals surface area contributed by atoms with Crippen molar-refractivity contribution in [3.63, 3.8) is 0 Å². The van der Waals surface area contributed by atoms with Crippen molar-refractivity contribution in [2.75, 3.05) is 0 Å². The van der Waals surface area contributed by atoms with Gasteiger partial charge in [0.1, 0.15) is 0 Å². The van der Waals surface area contributed by atoms with Gasteiger partial charge in [-0.15, -0.1) is 18.2 Å². The van der Waals surface area contributed by atoms with E-state index in [1.165, 1.54) is 6.08 Å². The second-order valence-corrected chi connectivity index (χ2v) is 8.27. The number of hydrogen-bond donors (Lipinski definition) is 1. The monoisotopic (exact) mass is 650 g/mol. The summed E-state index contributed by atoms with van der Waals surface area (Å²) in [6, 6.07) is 16.8. The molecule has 4 rings (SSSR count). The molecule has 1 aromatic carbocycles. The van der Waals surface area contributed by atoms with Crippen LogP contribution in [0.15, 0.2) is 71.1 Å². The van der Waals surface area contributed by atoms with Crippen molar-refractivity contribution in [3.8, 4) is 11.3 Å². The molecular formula is C29H33IrN2O3-. The van der Waals surface area contributed by atoms with Crippen LogP contribution in [-0.2, 0) is 24.9 Å². The van der Waals surface area contributed by atoms with Crippen LogP contribution in [0.3, 0.4) is 0 Å². The van der Waals surface area contributed by atoms with E-state index in [-0.39, 0.29) is 43.5 Å². The first-order chi connectivity index (χ1) is 16.5. The van der Waals surface area contributed by atoms with Gasteiger partial charge in [0.2, 0.25) is 5.71 Å². The van der Waals surface area contributed by atoms with Crippen LogP contribution in [-0.4, -0.2) is 20.9 Å². The Balaban J connectivity index is 0.000000249. The van der Waals surface area contributed by atoms with Crippen molar-refractivity contribution in [2.45, 2.75) is 53.4 Å². The molecule has 5 nitrogen and oxygen atoms in total. The molecule has 1 radical (unpaired) electrons. The third-order valence-electron chi connectivity index (χ3n) is 6.21. The summed E-state index contributed by atoms with van der Waals surface area (Å²) in [5.41, 5.74) is 3.16. The number of allylic oxidation sites excluding steroid dienone is 2. The molecule has 0 unspecified atom stereocenters. The van der Waals surface area contributed by atoms with E-state index in [1.54, 1.807) is 12.4 Å². The minimum Gasteiger partial charge on any atom is -0.512 e. The van der Waals surface area contributed by atoms with E-state index >= 15 is 0 Å². The summed E-state index contributed by atoms with van der Waals surface area (Å²) in [7, 11) is 0.